The molecule has 0 radical (unpaired) electrons. The van der Waals surface area contributed by atoms with E-state index in [-0.39, 0.29) is 0 Å². The number of carbonyl (C=O) groups excluding carboxylic acids is 2. The molecule has 1 aromatic heterocycles. The van der Waals surface area contributed by atoms with E-state index in [1.54, 1.807) is 29.9 Å². The fourth-order valence-electron chi connectivity index (χ4n) is 1.86. The standard InChI is InChI=1S/C15H16N2O2/c1-10-6-7-11(2)12(9-10)16-15(19)14(18)13-5-4-8-17(13)3/h4-9H,1-3H3,(H,16,19). The highest BCUT2D eigenvalue weighted by Crippen LogP contribution is 2.16. The Morgan fingerprint density at radius 2 is 1.89 bits per heavy atom. The van der Waals surface area contributed by atoms with Crippen LogP contribution in [0.5, 0.6) is 0 Å². The third kappa shape index (κ3) is 2.73. The zero-order chi connectivity index (χ0) is 14.0. The second-order valence-corrected chi connectivity index (χ2v) is 4.61. The molecule has 98 valence electrons. The van der Waals surface area contributed by atoms with E-state index < -0.39 is 11.7 Å². The van der Waals surface area contributed by atoms with Crippen molar-refractivity contribution in [2.24, 2.45) is 7.05 Å². The molecule has 2 rings (SSSR count). The Kier molecular flexibility index (Phi) is 3.51. The first-order valence-corrected chi connectivity index (χ1v) is 6.03. The van der Waals surface area contributed by atoms with Gasteiger partial charge in [0.05, 0.1) is 5.69 Å². The number of anilines is 1. The number of carbonyl (C=O) groups is 2. The van der Waals surface area contributed by atoms with E-state index >= 15 is 0 Å². The minimum Gasteiger partial charge on any atom is -0.348 e. The molecule has 4 nitrogen and oxygen atoms in total. The fourth-order valence-corrected chi connectivity index (χ4v) is 1.86. The highest BCUT2D eigenvalue weighted by molar-refractivity contribution is 6.46. The molecule has 0 spiro atoms. The molecule has 1 aromatic carbocycles. The van der Waals surface area contributed by atoms with Gasteiger partial charge in [0.1, 0.15) is 0 Å². The Morgan fingerprint density at radius 3 is 2.53 bits per heavy atom. The third-order valence-corrected chi connectivity index (χ3v) is 3.02. The van der Waals surface area contributed by atoms with Crippen LogP contribution in [-0.2, 0) is 11.8 Å². The van der Waals surface area contributed by atoms with Gasteiger partial charge in [-0.2, -0.15) is 0 Å². The molecule has 0 aliphatic carbocycles. The summed E-state index contributed by atoms with van der Waals surface area (Å²) in [6, 6.07) is 9.09. The number of nitrogens with zero attached hydrogens (tertiary/aromatic N) is 1. The molecule has 1 heterocycles. The summed E-state index contributed by atoms with van der Waals surface area (Å²) >= 11 is 0. The lowest BCUT2D eigenvalue weighted by molar-refractivity contribution is -0.112. The van der Waals surface area contributed by atoms with Crippen LogP contribution in [0.25, 0.3) is 0 Å². The van der Waals surface area contributed by atoms with Gasteiger partial charge in [0.25, 0.3) is 11.7 Å². The molecule has 4 heteroatoms. The maximum atomic E-state index is 12.0. The van der Waals surface area contributed by atoms with Crippen LogP contribution in [0.2, 0.25) is 0 Å². The zero-order valence-electron chi connectivity index (χ0n) is 11.2. The number of rotatable bonds is 3. The molecular weight excluding hydrogens is 240 g/mol. The number of nitrogens with one attached hydrogen (secondary N) is 1. The van der Waals surface area contributed by atoms with Crippen molar-refractivity contribution < 1.29 is 9.59 Å². The van der Waals surface area contributed by atoms with Crippen molar-refractivity contribution in [1.82, 2.24) is 4.57 Å². The van der Waals surface area contributed by atoms with Gasteiger partial charge in [-0.05, 0) is 43.2 Å². The molecule has 0 aliphatic rings. The quantitative estimate of drug-likeness (QED) is 0.677. The average Bonchev–Trinajstić information content (AvgIpc) is 2.79. The molecule has 1 amide bonds. The Labute approximate surface area is 112 Å². The molecule has 0 saturated carbocycles. The van der Waals surface area contributed by atoms with Crippen molar-refractivity contribution in [1.29, 1.82) is 0 Å². The number of hydrogen-bond donors (Lipinski definition) is 1. The van der Waals surface area contributed by atoms with Gasteiger partial charge in [-0.25, -0.2) is 0 Å². The van der Waals surface area contributed by atoms with Crippen LogP contribution in [0.15, 0.2) is 36.5 Å². The fraction of sp³-hybridized carbons (Fsp3) is 0.200. The lowest BCUT2D eigenvalue weighted by Crippen LogP contribution is -2.25. The van der Waals surface area contributed by atoms with Crippen LogP contribution < -0.4 is 5.32 Å². The van der Waals surface area contributed by atoms with Gasteiger partial charge in [0, 0.05) is 18.9 Å². The van der Waals surface area contributed by atoms with E-state index in [4.69, 9.17) is 0 Å². The van der Waals surface area contributed by atoms with Gasteiger partial charge in [-0.3, -0.25) is 9.59 Å². The first-order chi connectivity index (χ1) is 8.99. The summed E-state index contributed by atoms with van der Waals surface area (Å²) in [4.78, 5) is 23.9. The lowest BCUT2D eigenvalue weighted by Gasteiger charge is -2.09. The predicted molar refractivity (Wildman–Crippen MR) is 74.3 cm³/mol. The van der Waals surface area contributed by atoms with Crippen LogP contribution in [-0.4, -0.2) is 16.3 Å². The number of aryl methyl sites for hydroxylation is 3. The van der Waals surface area contributed by atoms with E-state index in [0.717, 1.165) is 11.1 Å². The molecular formula is C15H16N2O2. The second kappa shape index (κ2) is 5.10. The smallest absolute Gasteiger partial charge is 0.298 e. The summed E-state index contributed by atoms with van der Waals surface area (Å²) in [5.41, 5.74) is 3.02. The van der Waals surface area contributed by atoms with Crippen molar-refractivity contribution in [3.63, 3.8) is 0 Å². The molecule has 0 atom stereocenters. The normalized spacial score (nSPS) is 10.3. The Morgan fingerprint density at radius 1 is 1.16 bits per heavy atom. The summed E-state index contributed by atoms with van der Waals surface area (Å²) in [6.45, 7) is 3.83. The highest BCUT2D eigenvalue weighted by Gasteiger charge is 2.19. The molecule has 0 unspecified atom stereocenters. The Balaban J connectivity index is 2.20. The highest BCUT2D eigenvalue weighted by atomic mass is 16.2. The minimum absolute atomic E-state index is 0.378. The van der Waals surface area contributed by atoms with Crippen molar-refractivity contribution in [2.75, 3.05) is 5.32 Å². The van der Waals surface area contributed by atoms with E-state index in [2.05, 4.69) is 5.32 Å². The summed E-state index contributed by atoms with van der Waals surface area (Å²) in [5.74, 6) is -1.15. The van der Waals surface area contributed by atoms with Crippen LogP contribution in [0.3, 0.4) is 0 Å². The van der Waals surface area contributed by atoms with Gasteiger partial charge < -0.3 is 9.88 Å². The monoisotopic (exact) mass is 256 g/mol. The maximum Gasteiger partial charge on any atom is 0.298 e. The van der Waals surface area contributed by atoms with Crippen molar-refractivity contribution in [3.8, 4) is 0 Å². The summed E-state index contributed by atoms with van der Waals surface area (Å²) in [5, 5.41) is 2.66. The Bertz CT molecular complexity index is 641. The predicted octanol–water partition coefficient (Wildman–Crippen LogP) is 2.46. The van der Waals surface area contributed by atoms with Crippen LogP contribution in [0.1, 0.15) is 21.6 Å². The number of hydrogen-bond acceptors (Lipinski definition) is 2. The van der Waals surface area contributed by atoms with E-state index in [1.165, 1.54) is 0 Å². The summed E-state index contributed by atoms with van der Waals surface area (Å²) in [7, 11) is 1.73. The number of amides is 1. The average molecular weight is 256 g/mol. The lowest BCUT2D eigenvalue weighted by atomic mass is 10.1. The summed E-state index contributed by atoms with van der Waals surface area (Å²) < 4.78 is 1.63. The third-order valence-electron chi connectivity index (χ3n) is 3.02. The van der Waals surface area contributed by atoms with E-state index in [1.807, 2.05) is 32.0 Å². The van der Waals surface area contributed by atoms with Gasteiger partial charge in [-0.1, -0.05) is 12.1 Å². The van der Waals surface area contributed by atoms with Crippen molar-refractivity contribution >= 4 is 17.4 Å². The first-order valence-electron chi connectivity index (χ1n) is 6.03. The van der Waals surface area contributed by atoms with Gasteiger partial charge in [0.15, 0.2) is 0 Å². The minimum atomic E-state index is -0.615. The number of benzene rings is 1. The van der Waals surface area contributed by atoms with Crippen molar-refractivity contribution in [2.45, 2.75) is 13.8 Å². The molecule has 0 fully saturated rings. The number of ketones is 1. The first kappa shape index (κ1) is 13.1. The molecule has 1 N–H and O–H groups in total. The van der Waals surface area contributed by atoms with Gasteiger partial charge in [-0.15, -0.1) is 0 Å². The number of aromatic nitrogens is 1. The van der Waals surface area contributed by atoms with Gasteiger partial charge >= 0.3 is 0 Å². The summed E-state index contributed by atoms with van der Waals surface area (Å²) in [6.07, 6.45) is 1.73. The van der Waals surface area contributed by atoms with Gasteiger partial charge in [0.2, 0.25) is 0 Å². The van der Waals surface area contributed by atoms with E-state index in [9.17, 15) is 9.59 Å². The Hall–Kier alpha value is -2.36. The zero-order valence-corrected chi connectivity index (χ0v) is 11.2. The molecule has 19 heavy (non-hydrogen) atoms. The topological polar surface area (TPSA) is 51.1 Å². The number of Topliss-reactive ketones (excluding diaryl/α,β-unsaturated/α-hetero) is 1. The van der Waals surface area contributed by atoms with Crippen LogP contribution in [0, 0.1) is 13.8 Å². The van der Waals surface area contributed by atoms with Crippen LogP contribution in [0.4, 0.5) is 5.69 Å². The second-order valence-electron chi connectivity index (χ2n) is 4.61. The maximum absolute atomic E-state index is 12.0. The largest absolute Gasteiger partial charge is 0.348 e. The van der Waals surface area contributed by atoms with Crippen molar-refractivity contribution in [3.05, 3.63) is 53.3 Å². The molecule has 0 aliphatic heterocycles. The molecule has 0 saturated heterocycles. The molecule has 2 aromatic rings. The SMILES string of the molecule is Cc1ccc(C)c(NC(=O)C(=O)c2cccn2C)c1. The van der Waals surface area contributed by atoms with E-state index in [0.29, 0.717) is 11.4 Å². The van der Waals surface area contributed by atoms with Crippen LogP contribution >= 0.6 is 0 Å². The molecule has 0 bridgehead atoms.